The van der Waals surface area contributed by atoms with E-state index >= 15 is 0 Å². The summed E-state index contributed by atoms with van der Waals surface area (Å²) in [5.74, 6) is 0.261. The van der Waals surface area contributed by atoms with Crippen LogP contribution in [-0.4, -0.2) is 19.3 Å². The SMILES string of the molecule is NCCc1ccc(OCCC(F)(F)F)c(Cl)c1. The zero-order chi connectivity index (χ0) is 12.9. The van der Waals surface area contributed by atoms with Crippen LogP contribution in [0.1, 0.15) is 12.0 Å². The van der Waals surface area contributed by atoms with E-state index < -0.39 is 19.2 Å². The number of hydrogen-bond donors (Lipinski definition) is 1. The Hall–Kier alpha value is -0.940. The second-order valence-electron chi connectivity index (χ2n) is 3.52. The number of rotatable bonds is 5. The topological polar surface area (TPSA) is 35.2 Å². The molecule has 0 saturated heterocycles. The van der Waals surface area contributed by atoms with Crippen LogP contribution in [0.15, 0.2) is 18.2 Å². The van der Waals surface area contributed by atoms with Gasteiger partial charge in [0, 0.05) is 0 Å². The average Bonchev–Trinajstić information content (AvgIpc) is 2.20. The molecule has 0 amide bonds. The molecule has 0 aromatic heterocycles. The molecule has 0 heterocycles. The standard InChI is InChI=1S/C11H13ClF3NO/c12-9-7-8(3-5-16)1-2-10(9)17-6-4-11(13,14)15/h1-2,7H,3-6,16H2. The molecular formula is C11H13ClF3NO. The van der Waals surface area contributed by atoms with Crippen LogP contribution < -0.4 is 10.5 Å². The number of alkyl halides is 3. The van der Waals surface area contributed by atoms with E-state index in [2.05, 4.69) is 0 Å². The summed E-state index contributed by atoms with van der Waals surface area (Å²) in [5, 5.41) is 0.304. The van der Waals surface area contributed by atoms with E-state index in [1.807, 2.05) is 0 Å². The van der Waals surface area contributed by atoms with Gasteiger partial charge in [-0.2, -0.15) is 13.2 Å². The van der Waals surface area contributed by atoms with Crippen molar-refractivity contribution in [3.05, 3.63) is 28.8 Å². The van der Waals surface area contributed by atoms with E-state index in [1.165, 1.54) is 0 Å². The fraction of sp³-hybridized carbons (Fsp3) is 0.455. The summed E-state index contributed by atoms with van der Waals surface area (Å²) in [5.41, 5.74) is 6.31. The average molecular weight is 268 g/mol. The van der Waals surface area contributed by atoms with Gasteiger partial charge in [-0.1, -0.05) is 17.7 Å². The van der Waals surface area contributed by atoms with Gasteiger partial charge in [-0.05, 0) is 30.7 Å². The molecule has 1 rings (SSSR count). The predicted molar refractivity (Wildman–Crippen MR) is 60.4 cm³/mol. The second-order valence-corrected chi connectivity index (χ2v) is 3.92. The maximum atomic E-state index is 11.9. The minimum atomic E-state index is -4.22. The Kier molecular flexibility index (Phi) is 5.08. The first-order chi connectivity index (χ1) is 7.92. The second kappa shape index (κ2) is 6.12. The van der Waals surface area contributed by atoms with Crippen molar-refractivity contribution < 1.29 is 17.9 Å². The fourth-order valence-corrected chi connectivity index (χ4v) is 1.52. The quantitative estimate of drug-likeness (QED) is 0.889. The fourth-order valence-electron chi connectivity index (χ4n) is 1.26. The third-order valence-corrected chi connectivity index (χ3v) is 2.37. The van der Waals surface area contributed by atoms with Gasteiger partial charge in [0.15, 0.2) is 0 Å². The summed E-state index contributed by atoms with van der Waals surface area (Å²) in [6.07, 6.45) is -4.54. The van der Waals surface area contributed by atoms with Crippen molar-refractivity contribution in [1.29, 1.82) is 0 Å². The summed E-state index contributed by atoms with van der Waals surface area (Å²) in [6.45, 7) is 0.0596. The summed E-state index contributed by atoms with van der Waals surface area (Å²) < 4.78 is 40.7. The molecule has 1 aromatic rings. The first kappa shape index (κ1) is 14.1. The molecule has 0 aliphatic heterocycles. The number of halogens is 4. The molecule has 6 heteroatoms. The van der Waals surface area contributed by atoms with E-state index in [0.29, 0.717) is 18.0 Å². The van der Waals surface area contributed by atoms with E-state index in [9.17, 15) is 13.2 Å². The van der Waals surface area contributed by atoms with Gasteiger partial charge in [-0.15, -0.1) is 0 Å². The lowest BCUT2D eigenvalue weighted by molar-refractivity contribution is -0.139. The molecule has 0 fully saturated rings. The van der Waals surface area contributed by atoms with Crippen molar-refractivity contribution in [2.24, 2.45) is 5.73 Å². The van der Waals surface area contributed by atoms with E-state index in [4.69, 9.17) is 22.1 Å². The lowest BCUT2D eigenvalue weighted by Gasteiger charge is -2.10. The first-order valence-corrected chi connectivity index (χ1v) is 5.48. The van der Waals surface area contributed by atoms with Crippen molar-refractivity contribution in [1.82, 2.24) is 0 Å². The maximum Gasteiger partial charge on any atom is 0.392 e. The molecule has 0 aliphatic carbocycles. The Balaban J connectivity index is 2.54. The smallest absolute Gasteiger partial charge is 0.392 e. The molecule has 0 saturated carbocycles. The number of benzene rings is 1. The third kappa shape index (κ3) is 5.28. The number of nitrogens with two attached hydrogens (primary N) is 1. The Morgan fingerprint density at radius 1 is 1.29 bits per heavy atom. The van der Waals surface area contributed by atoms with Crippen molar-refractivity contribution in [3.8, 4) is 5.75 Å². The van der Waals surface area contributed by atoms with Crippen molar-refractivity contribution in [2.45, 2.75) is 19.0 Å². The highest BCUT2D eigenvalue weighted by Crippen LogP contribution is 2.27. The zero-order valence-corrected chi connectivity index (χ0v) is 9.81. The first-order valence-electron chi connectivity index (χ1n) is 5.10. The lowest BCUT2D eigenvalue weighted by Crippen LogP contribution is -2.13. The summed E-state index contributed by atoms with van der Waals surface area (Å²) >= 11 is 5.87. The highest BCUT2D eigenvalue weighted by molar-refractivity contribution is 6.32. The Morgan fingerprint density at radius 2 is 2.00 bits per heavy atom. The molecule has 0 spiro atoms. The van der Waals surface area contributed by atoms with Crippen LogP contribution in [0, 0.1) is 0 Å². The Bertz CT molecular complexity index is 368. The van der Waals surface area contributed by atoms with Crippen LogP contribution in [0.4, 0.5) is 13.2 Å². The molecule has 2 nitrogen and oxygen atoms in total. The van der Waals surface area contributed by atoms with Crippen LogP contribution in [0.2, 0.25) is 5.02 Å². The largest absolute Gasteiger partial charge is 0.492 e. The molecule has 0 aliphatic rings. The molecule has 0 bridgehead atoms. The molecule has 1 aromatic carbocycles. The van der Waals surface area contributed by atoms with Crippen molar-refractivity contribution >= 4 is 11.6 Å². The summed E-state index contributed by atoms with van der Waals surface area (Å²) in [4.78, 5) is 0. The van der Waals surface area contributed by atoms with Crippen molar-refractivity contribution in [3.63, 3.8) is 0 Å². The molecule has 0 unspecified atom stereocenters. The van der Waals surface area contributed by atoms with Crippen LogP contribution in [0.25, 0.3) is 0 Å². The third-order valence-electron chi connectivity index (χ3n) is 2.07. The van der Waals surface area contributed by atoms with Crippen LogP contribution in [0.3, 0.4) is 0 Å². The van der Waals surface area contributed by atoms with Gasteiger partial charge < -0.3 is 10.5 Å². The molecule has 0 radical (unpaired) electrons. The minimum Gasteiger partial charge on any atom is -0.492 e. The van der Waals surface area contributed by atoms with Gasteiger partial charge in [-0.3, -0.25) is 0 Å². The van der Waals surface area contributed by atoms with Crippen LogP contribution >= 0.6 is 11.6 Å². The molecule has 96 valence electrons. The van der Waals surface area contributed by atoms with Crippen LogP contribution in [0.5, 0.6) is 5.75 Å². The van der Waals surface area contributed by atoms with E-state index in [1.54, 1.807) is 18.2 Å². The Labute approximate surface area is 103 Å². The van der Waals surface area contributed by atoms with Gasteiger partial charge in [-0.25, -0.2) is 0 Å². The molecule has 17 heavy (non-hydrogen) atoms. The van der Waals surface area contributed by atoms with E-state index in [0.717, 1.165) is 5.56 Å². The highest BCUT2D eigenvalue weighted by atomic mass is 35.5. The van der Waals surface area contributed by atoms with Gasteiger partial charge in [0.1, 0.15) is 5.75 Å². The maximum absolute atomic E-state index is 11.9. The van der Waals surface area contributed by atoms with Gasteiger partial charge in [0.2, 0.25) is 0 Å². The van der Waals surface area contributed by atoms with Crippen LogP contribution in [-0.2, 0) is 6.42 Å². The number of ether oxygens (including phenoxy) is 1. The number of hydrogen-bond acceptors (Lipinski definition) is 2. The van der Waals surface area contributed by atoms with Gasteiger partial charge in [0.05, 0.1) is 18.1 Å². The minimum absolute atomic E-state index is 0.261. The summed E-state index contributed by atoms with van der Waals surface area (Å²) in [7, 11) is 0. The molecular weight excluding hydrogens is 255 g/mol. The van der Waals surface area contributed by atoms with Crippen molar-refractivity contribution in [2.75, 3.05) is 13.2 Å². The lowest BCUT2D eigenvalue weighted by atomic mass is 10.1. The normalized spacial score (nSPS) is 11.6. The monoisotopic (exact) mass is 267 g/mol. The Morgan fingerprint density at radius 3 is 2.53 bits per heavy atom. The van der Waals surface area contributed by atoms with Gasteiger partial charge >= 0.3 is 6.18 Å². The van der Waals surface area contributed by atoms with E-state index in [-0.39, 0.29) is 5.75 Å². The predicted octanol–water partition coefficient (Wildman–Crippen LogP) is 3.17. The van der Waals surface area contributed by atoms with Gasteiger partial charge in [0.25, 0.3) is 0 Å². The molecule has 0 atom stereocenters. The highest BCUT2D eigenvalue weighted by Gasteiger charge is 2.26. The molecule has 2 N–H and O–H groups in total. The summed E-state index contributed by atoms with van der Waals surface area (Å²) in [6, 6.07) is 4.95. The zero-order valence-electron chi connectivity index (χ0n) is 9.06.